The van der Waals surface area contributed by atoms with Crippen molar-refractivity contribution in [3.05, 3.63) is 0 Å². The van der Waals surface area contributed by atoms with Crippen LogP contribution in [0.5, 0.6) is 0 Å². The predicted octanol–water partition coefficient (Wildman–Crippen LogP) is 0.450. The van der Waals surface area contributed by atoms with E-state index < -0.39 is 0 Å². The molecule has 11 heavy (non-hydrogen) atoms. The summed E-state index contributed by atoms with van der Waals surface area (Å²) in [6.45, 7) is 5.16. The van der Waals surface area contributed by atoms with Crippen molar-refractivity contribution in [3.63, 3.8) is 0 Å². The van der Waals surface area contributed by atoms with Gasteiger partial charge < -0.3 is 10.6 Å². The summed E-state index contributed by atoms with van der Waals surface area (Å²) >= 11 is 0. The molecule has 3 nitrogen and oxygen atoms in total. The summed E-state index contributed by atoms with van der Waals surface area (Å²) in [5.74, 6) is 0.178. The van der Waals surface area contributed by atoms with Crippen LogP contribution in [0.25, 0.3) is 0 Å². The average Bonchev–Trinajstić information content (AvgIpc) is 2.05. The van der Waals surface area contributed by atoms with Gasteiger partial charge in [0.15, 0.2) is 0 Å². The Bertz CT molecular complexity index is 121. The first-order chi connectivity index (χ1) is 5.17. The van der Waals surface area contributed by atoms with E-state index in [1.54, 1.807) is 11.9 Å². The van der Waals surface area contributed by atoms with Gasteiger partial charge >= 0.3 is 0 Å². The maximum absolute atomic E-state index is 11.4. The Hall–Kier alpha value is -0.570. The Kier molecular flexibility index (Phi) is 4.86. The average molecular weight is 158 g/mol. The summed E-state index contributed by atoms with van der Waals surface area (Å²) in [5, 5.41) is 0. The topological polar surface area (TPSA) is 46.3 Å². The molecule has 0 bridgehead atoms. The lowest BCUT2D eigenvalue weighted by Gasteiger charge is -2.20. The molecule has 0 heterocycles. The molecule has 0 saturated carbocycles. The summed E-state index contributed by atoms with van der Waals surface area (Å²) in [5.41, 5.74) is 5.43. The Morgan fingerprint density at radius 2 is 2.09 bits per heavy atom. The van der Waals surface area contributed by atoms with Crippen molar-refractivity contribution >= 4 is 5.91 Å². The Labute approximate surface area is 68.6 Å². The van der Waals surface area contributed by atoms with Crippen molar-refractivity contribution in [1.82, 2.24) is 4.90 Å². The van der Waals surface area contributed by atoms with Gasteiger partial charge in [0.2, 0.25) is 5.91 Å². The molecule has 0 aliphatic heterocycles. The van der Waals surface area contributed by atoms with Crippen molar-refractivity contribution in [2.45, 2.75) is 20.3 Å². The van der Waals surface area contributed by atoms with Crippen LogP contribution >= 0.6 is 0 Å². The van der Waals surface area contributed by atoms with Crippen LogP contribution < -0.4 is 5.73 Å². The van der Waals surface area contributed by atoms with Crippen LogP contribution in [-0.2, 0) is 4.79 Å². The van der Waals surface area contributed by atoms with Crippen molar-refractivity contribution in [3.8, 4) is 0 Å². The van der Waals surface area contributed by atoms with Gasteiger partial charge in [-0.15, -0.1) is 0 Å². The SMILES string of the molecule is CCC(CN)C(=O)N(C)CC. The van der Waals surface area contributed by atoms with Crippen LogP contribution in [0.1, 0.15) is 20.3 Å². The zero-order valence-corrected chi connectivity index (χ0v) is 7.63. The van der Waals surface area contributed by atoms with Crippen LogP contribution in [0.2, 0.25) is 0 Å². The summed E-state index contributed by atoms with van der Waals surface area (Å²) in [7, 11) is 1.81. The molecule has 0 saturated heterocycles. The number of nitrogens with two attached hydrogens (primary N) is 1. The molecule has 0 aromatic rings. The Morgan fingerprint density at radius 1 is 1.55 bits per heavy atom. The normalized spacial score (nSPS) is 12.7. The van der Waals surface area contributed by atoms with E-state index in [1.807, 2.05) is 13.8 Å². The highest BCUT2D eigenvalue weighted by Gasteiger charge is 2.16. The number of hydrogen-bond donors (Lipinski definition) is 1. The smallest absolute Gasteiger partial charge is 0.226 e. The van der Waals surface area contributed by atoms with E-state index in [2.05, 4.69) is 0 Å². The van der Waals surface area contributed by atoms with Gasteiger partial charge in [-0.25, -0.2) is 0 Å². The standard InChI is InChI=1S/C8H18N2O/c1-4-7(6-9)8(11)10(3)5-2/h7H,4-6,9H2,1-3H3. The molecular weight excluding hydrogens is 140 g/mol. The number of amides is 1. The lowest BCUT2D eigenvalue weighted by Crippen LogP contribution is -2.36. The molecule has 0 rings (SSSR count). The van der Waals surface area contributed by atoms with Gasteiger partial charge in [0.25, 0.3) is 0 Å². The van der Waals surface area contributed by atoms with E-state index in [1.165, 1.54) is 0 Å². The molecule has 66 valence electrons. The monoisotopic (exact) mass is 158 g/mol. The third-order valence-electron chi connectivity index (χ3n) is 1.98. The van der Waals surface area contributed by atoms with E-state index in [0.29, 0.717) is 6.54 Å². The van der Waals surface area contributed by atoms with Crippen molar-refractivity contribution in [1.29, 1.82) is 0 Å². The lowest BCUT2D eigenvalue weighted by molar-refractivity contribution is -0.133. The lowest BCUT2D eigenvalue weighted by atomic mass is 10.1. The fraction of sp³-hybridized carbons (Fsp3) is 0.875. The highest BCUT2D eigenvalue weighted by molar-refractivity contribution is 5.78. The van der Waals surface area contributed by atoms with Gasteiger partial charge in [0, 0.05) is 20.1 Å². The highest BCUT2D eigenvalue weighted by Crippen LogP contribution is 2.03. The zero-order chi connectivity index (χ0) is 8.85. The molecule has 2 N–H and O–H groups in total. The van der Waals surface area contributed by atoms with Crippen LogP contribution in [0.15, 0.2) is 0 Å². The van der Waals surface area contributed by atoms with Crippen molar-refractivity contribution in [2.24, 2.45) is 11.7 Å². The second kappa shape index (κ2) is 5.13. The summed E-state index contributed by atoms with van der Waals surface area (Å²) in [4.78, 5) is 13.1. The van der Waals surface area contributed by atoms with Crippen LogP contribution in [0.3, 0.4) is 0 Å². The van der Waals surface area contributed by atoms with E-state index in [0.717, 1.165) is 13.0 Å². The first-order valence-corrected chi connectivity index (χ1v) is 4.12. The molecule has 0 radical (unpaired) electrons. The minimum absolute atomic E-state index is 0.0138. The third-order valence-corrected chi connectivity index (χ3v) is 1.98. The maximum atomic E-state index is 11.4. The molecule has 1 amide bonds. The molecule has 0 aromatic carbocycles. The minimum Gasteiger partial charge on any atom is -0.346 e. The van der Waals surface area contributed by atoms with Gasteiger partial charge in [0.05, 0.1) is 5.92 Å². The number of hydrogen-bond acceptors (Lipinski definition) is 2. The Morgan fingerprint density at radius 3 is 2.36 bits per heavy atom. The van der Waals surface area contributed by atoms with Gasteiger partial charge in [-0.3, -0.25) is 4.79 Å². The van der Waals surface area contributed by atoms with E-state index >= 15 is 0 Å². The van der Waals surface area contributed by atoms with Crippen LogP contribution in [-0.4, -0.2) is 30.9 Å². The molecule has 0 aliphatic rings. The predicted molar refractivity (Wildman–Crippen MR) is 46.1 cm³/mol. The van der Waals surface area contributed by atoms with E-state index in [9.17, 15) is 4.79 Å². The largest absolute Gasteiger partial charge is 0.346 e. The quantitative estimate of drug-likeness (QED) is 0.645. The van der Waals surface area contributed by atoms with Gasteiger partial charge in [0.1, 0.15) is 0 Å². The molecular formula is C8H18N2O. The molecule has 0 fully saturated rings. The molecule has 0 aromatic heterocycles. The molecule has 0 spiro atoms. The van der Waals surface area contributed by atoms with Gasteiger partial charge in [-0.2, -0.15) is 0 Å². The number of carbonyl (C=O) groups is 1. The summed E-state index contributed by atoms with van der Waals surface area (Å²) < 4.78 is 0. The first-order valence-electron chi connectivity index (χ1n) is 4.12. The van der Waals surface area contributed by atoms with Gasteiger partial charge in [-0.05, 0) is 13.3 Å². The summed E-state index contributed by atoms with van der Waals surface area (Å²) in [6.07, 6.45) is 0.833. The fourth-order valence-corrected chi connectivity index (χ4v) is 0.910. The fourth-order valence-electron chi connectivity index (χ4n) is 0.910. The highest BCUT2D eigenvalue weighted by atomic mass is 16.2. The molecule has 0 aliphatic carbocycles. The first kappa shape index (κ1) is 10.4. The second-order valence-corrected chi connectivity index (χ2v) is 2.69. The van der Waals surface area contributed by atoms with E-state index in [4.69, 9.17) is 5.73 Å². The molecule has 3 heteroatoms. The van der Waals surface area contributed by atoms with Crippen molar-refractivity contribution in [2.75, 3.05) is 20.1 Å². The van der Waals surface area contributed by atoms with E-state index in [-0.39, 0.29) is 11.8 Å². The molecule has 1 unspecified atom stereocenters. The maximum Gasteiger partial charge on any atom is 0.226 e. The number of rotatable bonds is 4. The number of nitrogens with zero attached hydrogens (tertiary/aromatic N) is 1. The summed E-state index contributed by atoms with van der Waals surface area (Å²) in [6, 6.07) is 0. The van der Waals surface area contributed by atoms with Crippen LogP contribution in [0, 0.1) is 5.92 Å². The van der Waals surface area contributed by atoms with Crippen LogP contribution in [0.4, 0.5) is 0 Å². The van der Waals surface area contributed by atoms with Gasteiger partial charge in [-0.1, -0.05) is 6.92 Å². The Balaban J connectivity index is 3.97. The minimum atomic E-state index is 0.0138. The third kappa shape index (κ3) is 2.89. The number of carbonyl (C=O) groups excluding carboxylic acids is 1. The van der Waals surface area contributed by atoms with Crippen molar-refractivity contribution < 1.29 is 4.79 Å². The molecule has 1 atom stereocenters. The zero-order valence-electron chi connectivity index (χ0n) is 7.63. The second-order valence-electron chi connectivity index (χ2n) is 2.69.